The average molecular weight is 393 g/mol. The summed E-state index contributed by atoms with van der Waals surface area (Å²) in [6, 6.07) is 0. The standard InChI is InChI=1S/C21H33FN4O2/c1-5-19(24-14-9-17-27)10-15-26(7-3)16-11-20(18(4)23-6-2)21(28)25-13-8-12-22/h6-7,9,11,14,27H,2-3,5,8,10,12-13,15-17H2,1,4H3,(H,25,28)/b14-9-,20-11?,23-18?,24-19?. The molecule has 1 amide bonds. The van der Waals surface area contributed by atoms with E-state index >= 15 is 0 Å². The van der Waals surface area contributed by atoms with Crippen molar-refractivity contribution < 1.29 is 14.3 Å². The van der Waals surface area contributed by atoms with Crippen LogP contribution in [-0.4, -0.2) is 60.3 Å². The summed E-state index contributed by atoms with van der Waals surface area (Å²) in [5, 5.41) is 11.5. The van der Waals surface area contributed by atoms with Crippen LogP contribution in [0.4, 0.5) is 4.39 Å². The molecule has 0 aromatic carbocycles. The zero-order chi connectivity index (χ0) is 21.2. The van der Waals surface area contributed by atoms with Crippen molar-refractivity contribution in [1.29, 1.82) is 0 Å². The molecule has 0 radical (unpaired) electrons. The van der Waals surface area contributed by atoms with E-state index in [1.807, 2.05) is 11.8 Å². The minimum Gasteiger partial charge on any atom is -0.392 e. The molecule has 0 aromatic rings. The molecular weight excluding hydrogens is 359 g/mol. The van der Waals surface area contributed by atoms with Crippen LogP contribution in [0.15, 0.2) is 59.5 Å². The molecule has 0 saturated carbocycles. The van der Waals surface area contributed by atoms with Gasteiger partial charge in [-0.05, 0) is 32.0 Å². The highest BCUT2D eigenvalue weighted by molar-refractivity contribution is 6.20. The Morgan fingerprint density at radius 3 is 2.64 bits per heavy atom. The lowest BCUT2D eigenvalue weighted by atomic mass is 10.1. The van der Waals surface area contributed by atoms with Crippen LogP contribution in [0.2, 0.25) is 0 Å². The Bertz CT molecular complexity index is 610. The van der Waals surface area contributed by atoms with Gasteiger partial charge in [0.1, 0.15) is 0 Å². The molecule has 0 atom stereocenters. The Morgan fingerprint density at radius 2 is 2.07 bits per heavy atom. The number of carbonyl (C=O) groups is 1. The van der Waals surface area contributed by atoms with E-state index in [9.17, 15) is 9.18 Å². The SMILES string of the molecule is C=CN=C(C)C(=CCN(C=C)CCC(CC)=N/C=C\CO)C(=O)NCCCF. The van der Waals surface area contributed by atoms with Crippen molar-refractivity contribution in [1.82, 2.24) is 10.2 Å². The number of nitrogens with zero attached hydrogens (tertiary/aromatic N) is 3. The van der Waals surface area contributed by atoms with Crippen LogP contribution in [0, 0.1) is 0 Å². The van der Waals surface area contributed by atoms with Crippen molar-refractivity contribution in [2.45, 2.75) is 33.1 Å². The molecule has 0 aromatic heterocycles. The smallest absolute Gasteiger partial charge is 0.252 e. The van der Waals surface area contributed by atoms with Crippen LogP contribution < -0.4 is 5.32 Å². The predicted octanol–water partition coefficient (Wildman–Crippen LogP) is 3.19. The predicted molar refractivity (Wildman–Crippen MR) is 115 cm³/mol. The molecule has 0 rings (SSSR count). The van der Waals surface area contributed by atoms with Crippen molar-refractivity contribution >= 4 is 17.3 Å². The quantitative estimate of drug-likeness (QED) is 0.255. The van der Waals surface area contributed by atoms with Gasteiger partial charge in [0.2, 0.25) is 0 Å². The van der Waals surface area contributed by atoms with E-state index in [2.05, 4.69) is 28.5 Å². The van der Waals surface area contributed by atoms with Gasteiger partial charge in [-0.3, -0.25) is 19.2 Å². The fourth-order valence-electron chi connectivity index (χ4n) is 2.25. The molecule has 0 unspecified atom stereocenters. The van der Waals surface area contributed by atoms with E-state index < -0.39 is 6.67 Å². The van der Waals surface area contributed by atoms with Crippen molar-refractivity contribution in [3.63, 3.8) is 0 Å². The number of halogens is 1. The zero-order valence-electron chi connectivity index (χ0n) is 17.0. The van der Waals surface area contributed by atoms with Crippen LogP contribution in [0.5, 0.6) is 0 Å². The Labute approximate surface area is 168 Å². The second-order valence-electron chi connectivity index (χ2n) is 5.86. The lowest BCUT2D eigenvalue weighted by molar-refractivity contribution is -0.117. The van der Waals surface area contributed by atoms with Gasteiger partial charge in [0.05, 0.1) is 18.9 Å². The number of aliphatic hydroxyl groups excluding tert-OH is 1. The van der Waals surface area contributed by atoms with E-state index in [1.165, 1.54) is 6.20 Å². The van der Waals surface area contributed by atoms with Crippen molar-refractivity contribution in [3.05, 3.63) is 49.5 Å². The van der Waals surface area contributed by atoms with Gasteiger partial charge in [-0.25, -0.2) is 0 Å². The molecule has 6 nitrogen and oxygen atoms in total. The topological polar surface area (TPSA) is 77.3 Å². The van der Waals surface area contributed by atoms with Gasteiger partial charge in [-0.1, -0.05) is 26.2 Å². The highest BCUT2D eigenvalue weighted by Crippen LogP contribution is 2.04. The molecule has 0 spiro atoms. The van der Waals surface area contributed by atoms with Gasteiger partial charge in [0.15, 0.2) is 0 Å². The van der Waals surface area contributed by atoms with E-state index in [4.69, 9.17) is 5.11 Å². The number of amides is 1. The summed E-state index contributed by atoms with van der Waals surface area (Å²) in [5.74, 6) is -0.287. The number of nitrogens with one attached hydrogen (secondary N) is 1. The first-order valence-electron chi connectivity index (χ1n) is 9.41. The van der Waals surface area contributed by atoms with E-state index in [-0.39, 0.29) is 25.5 Å². The maximum absolute atomic E-state index is 12.4. The summed E-state index contributed by atoms with van der Waals surface area (Å²) < 4.78 is 12.3. The Hall–Kier alpha value is -2.54. The van der Waals surface area contributed by atoms with Gasteiger partial charge < -0.3 is 15.3 Å². The first-order valence-corrected chi connectivity index (χ1v) is 9.41. The Morgan fingerprint density at radius 1 is 1.32 bits per heavy atom. The highest BCUT2D eigenvalue weighted by Gasteiger charge is 2.12. The third-order valence-electron chi connectivity index (χ3n) is 3.87. The van der Waals surface area contributed by atoms with Crippen LogP contribution >= 0.6 is 0 Å². The van der Waals surface area contributed by atoms with Gasteiger partial charge in [-0.15, -0.1) is 0 Å². The molecule has 0 aliphatic rings. The van der Waals surface area contributed by atoms with E-state index in [0.717, 1.165) is 18.6 Å². The first kappa shape index (κ1) is 25.5. The summed E-state index contributed by atoms with van der Waals surface area (Å²) >= 11 is 0. The summed E-state index contributed by atoms with van der Waals surface area (Å²) in [6.07, 6.45) is 9.89. The maximum atomic E-state index is 12.4. The van der Waals surface area contributed by atoms with Crippen molar-refractivity contribution in [2.75, 3.05) is 32.9 Å². The van der Waals surface area contributed by atoms with Gasteiger partial charge in [-0.2, -0.15) is 0 Å². The number of hydrogen-bond acceptors (Lipinski definition) is 5. The molecule has 0 heterocycles. The number of alkyl halides is 1. The minimum absolute atomic E-state index is 0.0359. The minimum atomic E-state index is -0.474. The molecule has 7 heteroatoms. The third-order valence-corrected chi connectivity index (χ3v) is 3.87. The summed E-state index contributed by atoms with van der Waals surface area (Å²) in [5.41, 5.74) is 1.98. The number of hydrogen-bond donors (Lipinski definition) is 2. The van der Waals surface area contributed by atoms with Gasteiger partial charge in [0.25, 0.3) is 5.91 Å². The second kappa shape index (κ2) is 16.6. The third kappa shape index (κ3) is 11.2. The van der Waals surface area contributed by atoms with Crippen LogP contribution in [-0.2, 0) is 4.79 Å². The molecule has 28 heavy (non-hydrogen) atoms. The van der Waals surface area contributed by atoms with Crippen LogP contribution in [0.1, 0.15) is 33.1 Å². The molecule has 0 aliphatic carbocycles. The monoisotopic (exact) mass is 392 g/mol. The summed E-state index contributed by atoms with van der Waals surface area (Å²) in [4.78, 5) is 22.8. The highest BCUT2D eigenvalue weighted by atomic mass is 19.1. The summed E-state index contributed by atoms with van der Waals surface area (Å²) in [7, 11) is 0. The van der Waals surface area contributed by atoms with Crippen molar-refractivity contribution in [3.8, 4) is 0 Å². The van der Waals surface area contributed by atoms with E-state index in [0.29, 0.717) is 24.4 Å². The van der Waals surface area contributed by atoms with Crippen molar-refractivity contribution in [2.24, 2.45) is 9.98 Å². The average Bonchev–Trinajstić information content (AvgIpc) is 2.69. The van der Waals surface area contributed by atoms with E-state index in [1.54, 1.807) is 31.5 Å². The zero-order valence-corrected chi connectivity index (χ0v) is 17.0. The number of rotatable bonds is 15. The summed E-state index contributed by atoms with van der Waals surface area (Å²) in [6.45, 7) is 12.1. The maximum Gasteiger partial charge on any atom is 0.252 e. The lowest BCUT2D eigenvalue weighted by Gasteiger charge is -2.19. The molecule has 0 saturated heterocycles. The molecule has 0 bridgehead atoms. The normalized spacial score (nSPS) is 12.9. The molecule has 2 N–H and O–H groups in total. The van der Waals surface area contributed by atoms with Gasteiger partial charge >= 0.3 is 0 Å². The second-order valence-corrected chi connectivity index (χ2v) is 5.86. The Kier molecular flexibility index (Phi) is 15.1. The lowest BCUT2D eigenvalue weighted by Crippen LogP contribution is -2.30. The fourth-order valence-corrected chi connectivity index (χ4v) is 2.25. The van der Waals surface area contributed by atoms with Crippen LogP contribution in [0.25, 0.3) is 0 Å². The molecule has 0 fully saturated rings. The number of carbonyl (C=O) groups excluding carboxylic acids is 1. The number of aliphatic hydroxyl groups is 1. The van der Waals surface area contributed by atoms with Gasteiger partial charge in [0, 0.05) is 49.9 Å². The largest absolute Gasteiger partial charge is 0.392 e. The fraction of sp³-hybridized carbons (Fsp3) is 0.476. The molecular formula is C21H33FN4O2. The Balaban J connectivity index is 5.09. The molecule has 156 valence electrons. The van der Waals surface area contributed by atoms with Crippen LogP contribution in [0.3, 0.4) is 0 Å². The number of aliphatic imine (C=N–C) groups is 2. The molecule has 0 aliphatic heterocycles. The first-order chi connectivity index (χ1) is 13.5.